The van der Waals surface area contributed by atoms with Crippen LogP contribution in [0.15, 0.2) is 53.5 Å². The molecule has 20 heavy (non-hydrogen) atoms. The third-order valence-corrected chi connectivity index (χ3v) is 4.04. The molecule has 0 N–H and O–H groups in total. The lowest BCUT2D eigenvalue weighted by Gasteiger charge is -2.24. The molecular weight excluding hydrogens is 244 g/mol. The predicted molar refractivity (Wildman–Crippen MR) is 86.4 cm³/mol. The van der Waals surface area contributed by atoms with Crippen molar-refractivity contribution in [2.75, 3.05) is 19.0 Å². The lowest BCUT2D eigenvalue weighted by molar-refractivity contribution is 0.737. The molecule has 0 spiro atoms. The largest absolute Gasteiger partial charge is 0.378 e. The molecular formula is C18H20N2. The van der Waals surface area contributed by atoms with Crippen molar-refractivity contribution in [3.8, 4) is 0 Å². The molecule has 1 aliphatic heterocycles. The molecule has 0 aromatic heterocycles. The smallest absolute Gasteiger partial charge is 0.0676 e. The second-order valence-electron chi connectivity index (χ2n) is 6.05. The van der Waals surface area contributed by atoms with Crippen LogP contribution in [0.4, 0.5) is 11.4 Å². The van der Waals surface area contributed by atoms with Gasteiger partial charge in [0.2, 0.25) is 0 Å². The molecule has 0 unspecified atom stereocenters. The quantitative estimate of drug-likeness (QED) is 0.795. The molecule has 2 nitrogen and oxygen atoms in total. The first-order valence-electron chi connectivity index (χ1n) is 6.96. The summed E-state index contributed by atoms with van der Waals surface area (Å²) >= 11 is 0. The molecule has 2 heteroatoms. The summed E-state index contributed by atoms with van der Waals surface area (Å²) in [6, 6.07) is 17.0. The molecule has 1 heterocycles. The molecule has 0 fully saturated rings. The van der Waals surface area contributed by atoms with E-state index in [0.29, 0.717) is 0 Å². The fourth-order valence-electron chi connectivity index (χ4n) is 2.81. The highest BCUT2D eigenvalue weighted by Crippen LogP contribution is 2.43. The summed E-state index contributed by atoms with van der Waals surface area (Å²) < 4.78 is 0. The van der Waals surface area contributed by atoms with Crippen LogP contribution in [0, 0.1) is 0 Å². The van der Waals surface area contributed by atoms with Crippen LogP contribution in [0.25, 0.3) is 0 Å². The highest BCUT2D eigenvalue weighted by Gasteiger charge is 2.35. The average molecular weight is 264 g/mol. The molecule has 0 atom stereocenters. The third kappa shape index (κ3) is 1.92. The SMILES string of the molecule is CN(C)c1ccc2c(c1)C(C)(C)C(c1ccccc1)=N2. The molecule has 0 saturated carbocycles. The van der Waals surface area contributed by atoms with Crippen LogP contribution >= 0.6 is 0 Å². The van der Waals surface area contributed by atoms with E-state index in [1.54, 1.807) is 0 Å². The Balaban J connectivity index is 2.11. The van der Waals surface area contributed by atoms with Crippen molar-refractivity contribution in [2.45, 2.75) is 19.3 Å². The molecule has 3 rings (SSSR count). The Kier molecular flexibility index (Phi) is 2.89. The molecule has 0 aliphatic carbocycles. The van der Waals surface area contributed by atoms with Crippen molar-refractivity contribution in [3.63, 3.8) is 0 Å². The van der Waals surface area contributed by atoms with Crippen molar-refractivity contribution < 1.29 is 0 Å². The van der Waals surface area contributed by atoms with E-state index >= 15 is 0 Å². The van der Waals surface area contributed by atoms with Gasteiger partial charge < -0.3 is 4.90 Å². The van der Waals surface area contributed by atoms with E-state index in [9.17, 15) is 0 Å². The first kappa shape index (κ1) is 12.9. The molecule has 0 radical (unpaired) electrons. The molecule has 102 valence electrons. The van der Waals surface area contributed by atoms with Crippen LogP contribution < -0.4 is 4.90 Å². The summed E-state index contributed by atoms with van der Waals surface area (Å²) in [6.07, 6.45) is 0. The molecule has 1 aliphatic rings. The Morgan fingerprint density at radius 1 is 0.950 bits per heavy atom. The van der Waals surface area contributed by atoms with Gasteiger partial charge in [0.25, 0.3) is 0 Å². The van der Waals surface area contributed by atoms with Crippen molar-refractivity contribution in [1.82, 2.24) is 0 Å². The zero-order valence-electron chi connectivity index (χ0n) is 12.5. The van der Waals surface area contributed by atoms with Gasteiger partial charge in [-0.2, -0.15) is 0 Å². The van der Waals surface area contributed by atoms with Crippen LogP contribution in [0.3, 0.4) is 0 Å². The Labute approximate surface area is 120 Å². The van der Waals surface area contributed by atoms with Gasteiger partial charge in [0.05, 0.1) is 11.4 Å². The first-order chi connectivity index (χ1) is 9.50. The zero-order chi connectivity index (χ0) is 14.3. The minimum Gasteiger partial charge on any atom is -0.378 e. The predicted octanol–water partition coefficient (Wildman–Crippen LogP) is 4.16. The van der Waals surface area contributed by atoms with Gasteiger partial charge in [-0.15, -0.1) is 0 Å². The summed E-state index contributed by atoms with van der Waals surface area (Å²) in [5, 5.41) is 0. The van der Waals surface area contributed by atoms with Gasteiger partial charge in [-0.1, -0.05) is 44.2 Å². The number of fused-ring (bicyclic) bond motifs is 1. The molecule has 0 bridgehead atoms. The number of anilines is 1. The number of hydrogen-bond acceptors (Lipinski definition) is 2. The first-order valence-corrected chi connectivity index (χ1v) is 6.96. The second-order valence-corrected chi connectivity index (χ2v) is 6.05. The van der Waals surface area contributed by atoms with Crippen molar-refractivity contribution in [1.29, 1.82) is 0 Å². The standard InChI is InChI=1S/C18H20N2/c1-18(2)15-12-14(20(3)4)10-11-16(15)19-17(18)13-8-6-5-7-9-13/h5-12H,1-4H3. The minimum atomic E-state index is -0.0529. The summed E-state index contributed by atoms with van der Waals surface area (Å²) in [5.41, 5.74) is 5.94. The van der Waals surface area contributed by atoms with Crippen molar-refractivity contribution in [2.24, 2.45) is 4.99 Å². The van der Waals surface area contributed by atoms with Crippen LogP contribution in [-0.4, -0.2) is 19.8 Å². The van der Waals surface area contributed by atoms with E-state index in [1.807, 2.05) is 6.07 Å². The van der Waals surface area contributed by atoms with Crippen molar-refractivity contribution in [3.05, 3.63) is 59.7 Å². The highest BCUT2D eigenvalue weighted by atomic mass is 15.1. The number of aliphatic imine (C=N–C) groups is 1. The molecule has 0 amide bonds. The maximum atomic E-state index is 4.87. The van der Waals surface area contributed by atoms with E-state index in [0.717, 1.165) is 11.4 Å². The Morgan fingerprint density at radius 2 is 1.65 bits per heavy atom. The number of hydrogen-bond donors (Lipinski definition) is 0. The maximum absolute atomic E-state index is 4.87. The van der Waals surface area contributed by atoms with Gasteiger partial charge in [0, 0.05) is 25.2 Å². The summed E-state index contributed by atoms with van der Waals surface area (Å²) in [7, 11) is 4.14. The summed E-state index contributed by atoms with van der Waals surface area (Å²) in [5.74, 6) is 0. The maximum Gasteiger partial charge on any atom is 0.0676 e. The Morgan fingerprint density at radius 3 is 2.30 bits per heavy atom. The van der Waals surface area contributed by atoms with Gasteiger partial charge in [0.1, 0.15) is 0 Å². The monoisotopic (exact) mass is 264 g/mol. The van der Waals surface area contributed by atoms with E-state index in [-0.39, 0.29) is 5.41 Å². The van der Waals surface area contributed by atoms with E-state index in [4.69, 9.17) is 4.99 Å². The van der Waals surface area contributed by atoms with Crippen LogP contribution in [0.2, 0.25) is 0 Å². The highest BCUT2D eigenvalue weighted by molar-refractivity contribution is 6.12. The lowest BCUT2D eigenvalue weighted by Crippen LogP contribution is -2.26. The molecule has 0 saturated heterocycles. The van der Waals surface area contributed by atoms with Gasteiger partial charge in [-0.3, -0.25) is 4.99 Å². The number of rotatable bonds is 2. The van der Waals surface area contributed by atoms with E-state index in [2.05, 4.69) is 75.3 Å². The van der Waals surface area contributed by atoms with Crippen LogP contribution in [0.5, 0.6) is 0 Å². The molecule has 2 aromatic carbocycles. The minimum absolute atomic E-state index is 0.0529. The summed E-state index contributed by atoms with van der Waals surface area (Å²) in [6.45, 7) is 4.51. The fourth-order valence-corrected chi connectivity index (χ4v) is 2.81. The van der Waals surface area contributed by atoms with Gasteiger partial charge in [0.15, 0.2) is 0 Å². The van der Waals surface area contributed by atoms with Crippen LogP contribution in [0.1, 0.15) is 25.0 Å². The fraction of sp³-hybridized carbons (Fsp3) is 0.278. The lowest BCUT2D eigenvalue weighted by atomic mass is 9.79. The zero-order valence-corrected chi connectivity index (χ0v) is 12.5. The van der Waals surface area contributed by atoms with E-state index < -0.39 is 0 Å². The topological polar surface area (TPSA) is 15.6 Å². The Hall–Kier alpha value is -2.09. The van der Waals surface area contributed by atoms with Gasteiger partial charge in [-0.25, -0.2) is 0 Å². The van der Waals surface area contributed by atoms with Crippen molar-refractivity contribution >= 4 is 17.1 Å². The van der Waals surface area contributed by atoms with Gasteiger partial charge in [-0.05, 0) is 29.3 Å². The number of nitrogens with zero attached hydrogens (tertiary/aromatic N) is 2. The number of benzene rings is 2. The van der Waals surface area contributed by atoms with Crippen LogP contribution in [-0.2, 0) is 5.41 Å². The average Bonchev–Trinajstić information content (AvgIpc) is 2.71. The third-order valence-electron chi connectivity index (χ3n) is 4.04. The molecule has 2 aromatic rings. The van der Waals surface area contributed by atoms with Gasteiger partial charge >= 0.3 is 0 Å². The van der Waals surface area contributed by atoms with E-state index in [1.165, 1.54) is 16.8 Å². The normalized spacial score (nSPS) is 15.7. The second kappa shape index (κ2) is 4.48. The summed E-state index contributed by atoms with van der Waals surface area (Å²) in [4.78, 5) is 7.01. The Bertz CT molecular complexity index is 667.